The third-order valence-corrected chi connectivity index (χ3v) is 2.86. The highest BCUT2D eigenvalue weighted by atomic mass is 79.9. The van der Waals surface area contributed by atoms with Crippen LogP contribution in [0.15, 0.2) is 22.7 Å². The van der Waals surface area contributed by atoms with Gasteiger partial charge in [-0.15, -0.1) is 0 Å². The molecule has 14 heavy (non-hydrogen) atoms. The van der Waals surface area contributed by atoms with Gasteiger partial charge < -0.3 is 10.1 Å². The second-order valence-electron chi connectivity index (χ2n) is 3.70. The molecule has 1 saturated carbocycles. The van der Waals surface area contributed by atoms with E-state index in [1.165, 1.54) is 12.8 Å². The highest BCUT2D eigenvalue weighted by molar-refractivity contribution is 9.10. The SMILES string of the molecule is COc1cc(Br)cc(NCC2CC2)c1. The normalized spacial score (nSPS) is 15.3. The summed E-state index contributed by atoms with van der Waals surface area (Å²) in [7, 11) is 1.69. The molecule has 0 bridgehead atoms. The molecule has 0 aromatic heterocycles. The molecular weight excluding hydrogens is 242 g/mol. The van der Waals surface area contributed by atoms with Gasteiger partial charge >= 0.3 is 0 Å². The molecule has 1 aliphatic rings. The lowest BCUT2D eigenvalue weighted by atomic mass is 10.3. The van der Waals surface area contributed by atoms with Gasteiger partial charge in [0.05, 0.1) is 7.11 Å². The van der Waals surface area contributed by atoms with Crippen LogP contribution >= 0.6 is 15.9 Å². The first-order valence-corrected chi connectivity index (χ1v) is 5.65. The average Bonchev–Trinajstić information content (AvgIpc) is 2.97. The summed E-state index contributed by atoms with van der Waals surface area (Å²) >= 11 is 3.46. The van der Waals surface area contributed by atoms with Crippen molar-refractivity contribution in [2.24, 2.45) is 5.92 Å². The monoisotopic (exact) mass is 255 g/mol. The fourth-order valence-corrected chi connectivity index (χ4v) is 1.84. The van der Waals surface area contributed by atoms with E-state index in [1.807, 2.05) is 12.1 Å². The third-order valence-electron chi connectivity index (χ3n) is 2.40. The number of ether oxygens (including phenoxy) is 1. The Kier molecular flexibility index (Phi) is 2.96. The maximum atomic E-state index is 5.19. The summed E-state index contributed by atoms with van der Waals surface area (Å²) in [5.41, 5.74) is 1.13. The highest BCUT2D eigenvalue weighted by Crippen LogP contribution is 2.30. The molecule has 1 fully saturated rings. The Morgan fingerprint density at radius 3 is 2.86 bits per heavy atom. The third kappa shape index (κ3) is 2.64. The van der Waals surface area contributed by atoms with Crippen molar-refractivity contribution in [3.63, 3.8) is 0 Å². The second-order valence-corrected chi connectivity index (χ2v) is 4.62. The Balaban J connectivity index is 2.03. The number of methoxy groups -OCH3 is 1. The van der Waals surface area contributed by atoms with E-state index in [1.54, 1.807) is 7.11 Å². The minimum Gasteiger partial charge on any atom is -0.497 e. The standard InChI is InChI=1S/C11H14BrNO/c1-14-11-5-9(12)4-10(6-11)13-7-8-2-3-8/h4-6,8,13H,2-3,7H2,1H3. The molecule has 1 aromatic carbocycles. The average molecular weight is 256 g/mol. The topological polar surface area (TPSA) is 21.3 Å². The van der Waals surface area contributed by atoms with Crippen molar-refractivity contribution < 1.29 is 4.74 Å². The molecule has 0 amide bonds. The molecule has 1 aliphatic carbocycles. The van der Waals surface area contributed by atoms with E-state index >= 15 is 0 Å². The molecule has 76 valence electrons. The van der Waals surface area contributed by atoms with Crippen molar-refractivity contribution in [2.45, 2.75) is 12.8 Å². The largest absolute Gasteiger partial charge is 0.497 e. The Hall–Kier alpha value is -0.700. The van der Waals surface area contributed by atoms with Crippen LogP contribution in [0, 0.1) is 5.92 Å². The van der Waals surface area contributed by atoms with Crippen molar-refractivity contribution in [1.29, 1.82) is 0 Å². The summed E-state index contributed by atoms with van der Waals surface area (Å²) in [6.07, 6.45) is 2.75. The van der Waals surface area contributed by atoms with Crippen molar-refractivity contribution >= 4 is 21.6 Å². The molecule has 0 aliphatic heterocycles. The van der Waals surface area contributed by atoms with Crippen molar-refractivity contribution in [3.8, 4) is 5.75 Å². The Bertz CT molecular complexity index is 323. The maximum absolute atomic E-state index is 5.19. The number of hydrogen-bond acceptors (Lipinski definition) is 2. The fraction of sp³-hybridized carbons (Fsp3) is 0.455. The summed E-state index contributed by atoms with van der Waals surface area (Å²) < 4.78 is 6.24. The minimum atomic E-state index is 0.887. The van der Waals surface area contributed by atoms with Gasteiger partial charge in [-0.1, -0.05) is 15.9 Å². The predicted octanol–water partition coefficient (Wildman–Crippen LogP) is 3.28. The smallest absolute Gasteiger partial charge is 0.122 e. The van der Waals surface area contributed by atoms with Gasteiger partial charge in [-0.3, -0.25) is 0 Å². The van der Waals surface area contributed by atoms with E-state index in [0.717, 1.165) is 28.4 Å². The summed E-state index contributed by atoms with van der Waals surface area (Å²) in [6.45, 7) is 1.08. The first-order valence-electron chi connectivity index (χ1n) is 4.86. The van der Waals surface area contributed by atoms with E-state index in [2.05, 4.69) is 27.3 Å². The molecule has 1 N–H and O–H groups in total. The molecule has 0 unspecified atom stereocenters. The predicted molar refractivity (Wildman–Crippen MR) is 61.9 cm³/mol. The fourth-order valence-electron chi connectivity index (χ4n) is 1.37. The van der Waals surface area contributed by atoms with Crippen LogP contribution in [0.25, 0.3) is 0 Å². The Morgan fingerprint density at radius 1 is 1.43 bits per heavy atom. The summed E-state index contributed by atoms with van der Waals surface area (Å²) in [5.74, 6) is 1.78. The van der Waals surface area contributed by atoms with Crippen LogP contribution in [0.5, 0.6) is 5.75 Å². The van der Waals surface area contributed by atoms with Gasteiger partial charge in [0.1, 0.15) is 5.75 Å². The number of nitrogens with one attached hydrogen (secondary N) is 1. The molecule has 0 saturated heterocycles. The Morgan fingerprint density at radius 2 is 2.21 bits per heavy atom. The van der Waals surface area contributed by atoms with Gasteiger partial charge in [-0.25, -0.2) is 0 Å². The Labute approximate surface area is 92.8 Å². The number of hydrogen-bond donors (Lipinski definition) is 1. The molecule has 0 radical (unpaired) electrons. The lowest BCUT2D eigenvalue weighted by Gasteiger charge is -2.08. The summed E-state index contributed by atoms with van der Waals surface area (Å²) in [5, 5.41) is 3.41. The highest BCUT2D eigenvalue weighted by Gasteiger charge is 2.20. The van der Waals surface area contributed by atoms with Crippen molar-refractivity contribution in [2.75, 3.05) is 19.0 Å². The second kappa shape index (κ2) is 4.22. The molecular formula is C11H14BrNO. The van der Waals surface area contributed by atoms with Gasteiger partial charge in [0.25, 0.3) is 0 Å². The summed E-state index contributed by atoms with van der Waals surface area (Å²) in [4.78, 5) is 0. The van der Waals surface area contributed by atoms with Gasteiger partial charge in [-0.2, -0.15) is 0 Å². The number of rotatable bonds is 4. The molecule has 0 atom stereocenters. The van der Waals surface area contributed by atoms with Gasteiger partial charge in [-0.05, 0) is 30.9 Å². The number of halogens is 1. The summed E-state index contributed by atoms with van der Waals surface area (Å²) in [6, 6.07) is 6.06. The van der Waals surface area contributed by atoms with Crippen LogP contribution in [0.3, 0.4) is 0 Å². The number of anilines is 1. The van der Waals surface area contributed by atoms with Crippen LogP contribution < -0.4 is 10.1 Å². The maximum Gasteiger partial charge on any atom is 0.122 e. The van der Waals surface area contributed by atoms with E-state index in [4.69, 9.17) is 4.74 Å². The molecule has 1 aromatic rings. The van der Waals surface area contributed by atoms with Crippen molar-refractivity contribution in [3.05, 3.63) is 22.7 Å². The van der Waals surface area contributed by atoms with Crippen molar-refractivity contribution in [1.82, 2.24) is 0 Å². The van der Waals surface area contributed by atoms with Crippen LogP contribution in [0.2, 0.25) is 0 Å². The van der Waals surface area contributed by atoms with E-state index in [9.17, 15) is 0 Å². The van der Waals surface area contributed by atoms with Crippen LogP contribution in [-0.4, -0.2) is 13.7 Å². The van der Waals surface area contributed by atoms with E-state index in [-0.39, 0.29) is 0 Å². The van der Waals surface area contributed by atoms with E-state index < -0.39 is 0 Å². The van der Waals surface area contributed by atoms with Crippen LogP contribution in [0.1, 0.15) is 12.8 Å². The molecule has 0 heterocycles. The molecule has 0 spiro atoms. The van der Waals surface area contributed by atoms with Gasteiger partial charge in [0, 0.05) is 22.8 Å². The van der Waals surface area contributed by atoms with Gasteiger partial charge in [0.15, 0.2) is 0 Å². The lowest BCUT2D eigenvalue weighted by Crippen LogP contribution is -2.03. The first kappa shape index (κ1) is 9.84. The molecule has 3 heteroatoms. The molecule has 2 nitrogen and oxygen atoms in total. The van der Waals surface area contributed by atoms with Crippen LogP contribution in [-0.2, 0) is 0 Å². The zero-order chi connectivity index (χ0) is 9.97. The molecule has 2 rings (SSSR count). The lowest BCUT2D eigenvalue weighted by molar-refractivity contribution is 0.414. The number of benzene rings is 1. The van der Waals surface area contributed by atoms with Crippen LogP contribution in [0.4, 0.5) is 5.69 Å². The zero-order valence-corrected chi connectivity index (χ0v) is 9.80. The zero-order valence-electron chi connectivity index (χ0n) is 8.22. The first-order chi connectivity index (χ1) is 6.78. The quantitative estimate of drug-likeness (QED) is 0.892. The van der Waals surface area contributed by atoms with Gasteiger partial charge in [0.2, 0.25) is 0 Å². The van der Waals surface area contributed by atoms with E-state index in [0.29, 0.717) is 0 Å². The minimum absolute atomic E-state index is 0.887.